The first-order valence-electron chi connectivity index (χ1n) is 6.55. The van der Waals surface area contributed by atoms with E-state index in [1.54, 1.807) is 13.0 Å². The monoisotopic (exact) mass is 318 g/mol. The molecule has 0 bridgehead atoms. The number of aryl methyl sites for hydroxylation is 1. The molecule has 0 spiro atoms. The molecular weight excluding hydrogens is 304 g/mol. The number of nitrogen functional groups attached to an aromatic ring is 1. The van der Waals surface area contributed by atoms with Crippen molar-refractivity contribution >= 4 is 22.4 Å². The minimum atomic E-state index is -0.313. The third-order valence-corrected chi connectivity index (χ3v) is 3.93. The van der Waals surface area contributed by atoms with Gasteiger partial charge in [0.2, 0.25) is 5.13 Å². The second-order valence-corrected chi connectivity index (χ2v) is 5.79. The van der Waals surface area contributed by atoms with Gasteiger partial charge in [0.1, 0.15) is 16.5 Å². The number of amides is 1. The van der Waals surface area contributed by atoms with Crippen LogP contribution in [0.2, 0.25) is 0 Å². The zero-order chi connectivity index (χ0) is 15.7. The average Bonchev–Trinajstić information content (AvgIpc) is 3.18. The Balaban J connectivity index is 1.71. The van der Waals surface area contributed by atoms with E-state index in [9.17, 15) is 4.79 Å². The fourth-order valence-electron chi connectivity index (χ4n) is 1.90. The Morgan fingerprint density at radius 1 is 1.45 bits per heavy atom. The Kier molecular flexibility index (Phi) is 3.63. The van der Waals surface area contributed by atoms with Gasteiger partial charge in [0.15, 0.2) is 11.5 Å². The lowest BCUT2D eigenvalue weighted by molar-refractivity contribution is 0.0934. The number of nitrogens with zero attached hydrogens (tertiary/aromatic N) is 3. The van der Waals surface area contributed by atoms with Crippen LogP contribution in [-0.2, 0) is 0 Å². The van der Waals surface area contributed by atoms with E-state index in [0.717, 1.165) is 5.76 Å². The zero-order valence-corrected chi connectivity index (χ0v) is 12.8. The standard InChI is InChI=1S/C13H14N6O2S/c1-6-3-4-10(21-6)8-5-9(17-16-8)11(20)15-7(2)12-18-19-13(14)22-12/h3-5,7H,1-2H3,(H2,14,19)(H,15,20)(H,16,17)/t7-/m0/s1. The van der Waals surface area contributed by atoms with E-state index in [0.29, 0.717) is 21.6 Å². The molecule has 114 valence electrons. The van der Waals surface area contributed by atoms with Gasteiger partial charge in [0.25, 0.3) is 5.91 Å². The van der Waals surface area contributed by atoms with E-state index in [1.165, 1.54) is 11.3 Å². The highest BCUT2D eigenvalue weighted by molar-refractivity contribution is 7.15. The van der Waals surface area contributed by atoms with E-state index < -0.39 is 0 Å². The number of aromatic nitrogens is 4. The lowest BCUT2D eigenvalue weighted by atomic mass is 10.2. The average molecular weight is 318 g/mol. The summed E-state index contributed by atoms with van der Waals surface area (Å²) >= 11 is 1.24. The van der Waals surface area contributed by atoms with Crippen LogP contribution in [0.4, 0.5) is 5.13 Å². The molecule has 0 unspecified atom stereocenters. The summed E-state index contributed by atoms with van der Waals surface area (Å²) in [5.41, 5.74) is 6.45. The fourth-order valence-corrected chi connectivity index (χ4v) is 2.51. The van der Waals surface area contributed by atoms with Crippen LogP contribution in [0, 0.1) is 6.92 Å². The molecule has 4 N–H and O–H groups in total. The van der Waals surface area contributed by atoms with Crippen LogP contribution < -0.4 is 11.1 Å². The summed E-state index contributed by atoms with van der Waals surface area (Å²) < 4.78 is 5.48. The van der Waals surface area contributed by atoms with E-state index in [2.05, 4.69) is 25.7 Å². The van der Waals surface area contributed by atoms with Crippen molar-refractivity contribution in [2.24, 2.45) is 0 Å². The molecule has 0 radical (unpaired) electrons. The van der Waals surface area contributed by atoms with Crippen LogP contribution in [0.5, 0.6) is 0 Å². The van der Waals surface area contributed by atoms with E-state index in [4.69, 9.17) is 10.2 Å². The molecule has 0 saturated carbocycles. The highest BCUT2D eigenvalue weighted by Crippen LogP contribution is 2.22. The third kappa shape index (κ3) is 2.84. The number of carbonyl (C=O) groups is 1. The summed E-state index contributed by atoms with van der Waals surface area (Å²) in [7, 11) is 0. The van der Waals surface area contributed by atoms with Crippen molar-refractivity contribution in [2.45, 2.75) is 19.9 Å². The molecule has 0 aliphatic rings. The highest BCUT2D eigenvalue weighted by Gasteiger charge is 2.18. The van der Waals surface area contributed by atoms with Crippen molar-refractivity contribution in [2.75, 3.05) is 5.73 Å². The molecule has 3 heterocycles. The Morgan fingerprint density at radius 3 is 2.91 bits per heavy atom. The first-order valence-corrected chi connectivity index (χ1v) is 7.36. The van der Waals surface area contributed by atoms with Gasteiger partial charge < -0.3 is 15.5 Å². The molecule has 1 amide bonds. The molecule has 0 aliphatic carbocycles. The first kappa shape index (κ1) is 14.3. The van der Waals surface area contributed by atoms with Gasteiger partial charge in [-0.15, -0.1) is 10.2 Å². The van der Waals surface area contributed by atoms with E-state index in [1.807, 2.05) is 19.1 Å². The van der Waals surface area contributed by atoms with Crippen molar-refractivity contribution in [3.63, 3.8) is 0 Å². The molecule has 22 heavy (non-hydrogen) atoms. The van der Waals surface area contributed by atoms with Crippen LogP contribution in [0.25, 0.3) is 11.5 Å². The van der Waals surface area contributed by atoms with Gasteiger partial charge in [-0.1, -0.05) is 11.3 Å². The van der Waals surface area contributed by atoms with Crippen LogP contribution in [-0.4, -0.2) is 26.3 Å². The van der Waals surface area contributed by atoms with Gasteiger partial charge in [0, 0.05) is 6.07 Å². The summed E-state index contributed by atoms with van der Waals surface area (Å²) in [5, 5.41) is 18.2. The molecular formula is C13H14N6O2S. The highest BCUT2D eigenvalue weighted by atomic mass is 32.1. The summed E-state index contributed by atoms with van der Waals surface area (Å²) in [6, 6.07) is 5.00. The van der Waals surface area contributed by atoms with Gasteiger partial charge in [-0.3, -0.25) is 9.89 Å². The molecule has 3 rings (SSSR count). The molecule has 3 aromatic rings. The van der Waals surface area contributed by atoms with E-state index >= 15 is 0 Å². The lowest BCUT2D eigenvalue weighted by Gasteiger charge is -2.08. The van der Waals surface area contributed by atoms with Gasteiger partial charge in [0.05, 0.1) is 6.04 Å². The Morgan fingerprint density at radius 2 is 2.27 bits per heavy atom. The van der Waals surface area contributed by atoms with Crippen LogP contribution in [0.15, 0.2) is 22.6 Å². The van der Waals surface area contributed by atoms with Gasteiger partial charge in [-0.05, 0) is 26.0 Å². The Hall–Kier alpha value is -2.68. The molecule has 0 saturated heterocycles. The summed E-state index contributed by atoms with van der Waals surface area (Å²) in [5.74, 6) is 1.11. The van der Waals surface area contributed by atoms with Crippen molar-refractivity contribution in [1.82, 2.24) is 25.7 Å². The smallest absolute Gasteiger partial charge is 0.272 e. The van der Waals surface area contributed by atoms with Gasteiger partial charge in [-0.25, -0.2) is 0 Å². The summed E-state index contributed by atoms with van der Waals surface area (Å²) in [6.45, 7) is 3.66. The number of nitrogens with two attached hydrogens (primary N) is 1. The van der Waals surface area contributed by atoms with Crippen LogP contribution in [0.1, 0.15) is 34.2 Å². The van der Waals surface area contributed by atoms with Crippen molar-refractivity contribution in [3.8, 4) is 11.5 Å². The van der Waals surface area contributed by atoms with Crippen LogP contribution in [0.3, 0.4) is 0 Å². The molecule has 0 fully saturated rings. The second-order valence-electron chi connectivity index (χ2n) is 4.75. The molecule has 0 aliphatic heterocycles. The predicted molar refractivity (Wildman–Crippen MR) is 81.2 cm³/mol. The van der Waals surface area contributed by atoms with Gasteiger partial charge in [-0.2, -0.15) is 5.10 Å². The maximum absolute atomic E-state index is 12.2. The second kappa shape index (κ2) is 5.60. The van der Waals surface area contributed by atoms with Crippen molar-refractivity contribution in [1.29, 1.82) is 0 Å². The zero-order valence-electron chi connectivity index (χ0n) is 12.0. The summed E-state index contributed by atoms with van der Waals surface area (Å²) in [4.78, 5) is 12.2. The summed E-state index contributed by atoms with van der Waals surface area (Å²) in [6.07, 6.45) is 0. The number of nitrogens with one attached hydrogen (secondary N) is 2. The topological polar surface area (TPSA) is 123 Å². The minimum absolute atomic E-state index is 0.272. The number of hydrogen-bond donors (Lipinski definition) is 3. The third-order valence-electron chi connectivity index (χ3n) is 2.99. The van der Waals surface area contributed by atoms with E-state index in [-0.39, 0.29) is 17.6 Å². The largest absolute Gasteiger partial charge is 0.460 e. The Labute approximate surface area is 129 Å². The maximum Gasteiger partial charge on any atom is 0.272 e. The van der Waals surface area contributed by atoms with Gasteiger partial charge >= 0.3 is 0 Å². The number of carbonyl (C=O) groups excluding carboxylic acids is 1. The molecule has 0 aromatic carbocycles. The fraction of sp³-hybridized carbons (Fsp3) is 0.231. The lowest BCUT2D eigenvalue weighted by Crippen LogP contribution is -2.26. The molecule has 3 aromatic heterocycles. The number of aromatic amines is 1. The number of H-pyrrole nitrogens is 1. The number of rotatable bonds is 4. The quantitative estimate of drug-likeness (QED) is 0.675. The predicted octanol–water partition coefficient (Wildman–Crippen LogP) is 1.90. The van der Waals surface area contributed by atoms with Crippen molar-refractivity contribution < 1.29 is 9.21 Å². The molecule has 9 heteroatoms. The normalized spacial score (nSPS) is 12.3. The first-order chi connectivity index (χ1) is 10.5. The number of hydrogen-bond acceptors (Lipinski definition) is 7. The van der Waals surface area contributed by atoms with Crippen LogP contribution >= 0.6 is 11.3 Å². The molecule has 1 atom stereocenters. The minimum Gasteiger partial charge on any atom is -0.460 e. The SMILES string of the molecule is Cc1ccc(-c2cc(C(=O)N[C@@H](C)c3nnc(N)s3)n[nH]2)o1. The van der Waals surface area contributed by atoms with Crippen molar-refractivity contribution in [3.05, 3.63) is 34.7 Å². The number of anilines is 1. The number of furan rings is 1. The Bertz CT molecular complexity index is 805. The molecule has 8 nitrogen and oxygen atoms in total. The maximum atomic E-state index is 12.2.